The van der Waals surface area contributed by atoms with Crippen LogP contribution in [-0.4, -0.2) is 113 Å². The molecule has 1 aliphatic heterocycles. The number of carbonyl (C=O) groups excluding carboxylic acids is 4. The summed E-state index contributed by atoms with van der Waals surface area (Å²) in [6.07, 6.45) is 4.02. The Labute approximate surface area is 534 Å². The summed E-state index contributed by atoms with van der Waals surface area (Å²) in [5, 5.41) is 32.0. The van der Waals surface area contributed by atoms with E-state index in [1.165, 1.54) is 31.7 Å². The number of benzene rings is 4. The van der Waals surface area contributed by atoms with Crippen molar-refractivity contribution in [1.29, 1.82) is 0 Å². The maximum atomic E-state index is 12.9. The zero-order valence-corrected chi connectivity index (χ0v) is 52.8. The normalized spacial score (nSPS) is 14.3. The van der Waals surface area contributed by atoms with Crippen molar-refractivity contribution in [1.82, 2.24) is 25.9 Å². The van der Waals surface area contributed by atoms with Gasteiger partial charge in [0.2, 0.25) is 11.8 Å². The van der Waals surface area contributed by atoms with Gasteiger partial charge in [-0.25, -0.2) is 9.59 Å². The molecule has 0 bridgehead atoms. The summed E-state index contributed by atoms with van der Waals surface area (Å²) >= 11 is 0. The van der Waals surface area contributed by atoms with Crippen molar-refractivity contribution in [2.75, 3.05) is 43.6 Å². The van der Waals surface area contributed by atoms with Gasteiger partial charge >= 0.3 is 24.3 Å². The lowest BCUT2D eigenvalue weighted by Crippen LogP contribution is -2.46. The summed E-state index contributed by atoms with van der Waals surface area (Å²) in [5.41, 5.74) is 26.4. The van der Waals surface area contributed by atoms with Crippen molar-refractivity contribution in [3.8, 4) is 23.0 Å². The van der Waals surface area contributed by atoms with Gasteiger partial charge in [-0.05, 0) is 119 Å². The van der Waals surface area contributed by atoms with E-state index in [0.717, 1.165) is 85.1 Å². The molecule has 2 atom stereocenters. The van der Waals surface area contributed by atoms with Gasteiger partial charge in [0.05, 0.1) is 72.0 Å². The molecule has 506 valence electrons. The Morgan fingerprint density at radius 1 is 0.591 bits per heavy atom. The molecule has 0 spiro atoms. The van der Waals surface area contributed by atoms with Crippen LogP contribution >= 0.6 is 0 Å². The molecule has 28 heteroatoms. The molecular formula is C65H82F6N10O12. The van der Waals surface area contributed by atoms with Crippen molar-refractivity contribution in [3.63, 3.8) is 0 Å². The second-order valence-electron chi connectivity index (χ2n) is 21.4. The van der Waals surface area contributed by atoms with E-state index < -0.39 is 42.1 Å². The Hall–Kier alpha value is -9.18. The first-order valence-corrected chi connectivity index (χ1v) is 30.7. The van der Waals surface area contributed by atoms with Gasteiger partial charge in [-0.1, -0.05) is 76.6 Å². The van der Waals surface area contributed by atoms with E-state index in [0.29, 0.717) is 108 Å². The summed E-state index contributed by atoms with van der Waals surface area (Å²) in [5.74, 6) is -3.96. The van der Waals surface area contributed by atoms with E-state index in [1.54, 1.807) is 0 Å². The first kappa shape index (κ1) is 74.5. The van der Waals surface area contributed by atoms with Crippen LogP contribution in [0, 0.1) is 5.92 Å². The highest BCUT2D eigenvalue weighted by Gasteiger charge is 2.39. The molecule has 2 aromatic heterocycles. The average Bonchev–Trinajstić information content (AvgIpc) is 0.785. The number of rotatable bonds is 24. The number of hydrogen-bond acceptors (Lipinski definition) is 16. The van der Waals surface area contributed by atoms with Gasteiger partial charge in [0, 0.05) is 59.8 Å². The van der Waals surface area contributed by atoms with Crippen LogP contribution in [0.1, 0.15) is 142 Å². The molecule has 0 radical (unpaired) electrons. The molecule has 6 aromatic rings. The van der Waals surface area contributed by atoms with Crippen LogP contribution in [0.15, 0.2) is 73.1 Å². The summed E-state index contributed by atoms with van der Waals surface area (Å²) in [4.78, 5) is 77.2. The maximum absolute atomic E-state index is 12.9. The molecule has 0 unspecified atom stereocenters. The topological polar surface area (TPSA) is 344 Å². The van der Waals surface area contributed by atoms with Crippen molar-refractivity contribution in [3.05, 3.63) is 106 Å². The van der Waals surface area contributed by atoms with Crippen LogP contribution in [0.25, 0.3) is 21.8 Å². The number of alkyl halides is 6. The fourth-order valence-electron chi connectivity index (χ4n) is 10.6. The minimum Gasteiger partial charge on any atom is -0.490 e. The van der Waals surface area contributed by atoms with Gasteiger partial charge in [0.25, 0.3) is 11.8 Å². The van der Waals surface area contributed by atoms with Gasteiger partial charge in [0.15, 0.2) is 23.0 Å². The van der Waals surface area contributed by atoms with E-state index in [2.05, 4.69) is 50.4 Å². The monoisotopic (exact) mass is 1310 g/mol. The number of fused-ring (bicyclic) bond motifs is 2. The van der Waals surface area contributed by atoms with Crippen LogP contribution < -0.4 is 62.7 Å². The molecule has 1 aliphatic carbocycles. The van der Waals surface area contributed by atoms with Gasteiger partial charge < -0.3 is 72.9 Å². The number of ether oxygens (including phenoxy) is 4. The number of hydrogen-bond donors (Lipinski definition) is 10. The number of nitrogens with zero attached hydrogens (tertiary/aromatic N) is 2. The number of nitrogens with one attached hydrogen (secondary N) is 5. The highest BCUT2D eigenvalue weighted by Crippen LogP contribution is 2.41. The smallest absolute Gasteiger partial charge is 0.490 e. The van der Waals surface area contributed by atoms with E-state index in [4.69, 9.17) is 56.0 Å². The fourth-order valence-corrected chi connectivity index (χ4v) is 10.6. The van der Waals surface area contributed by atoms with Crippen molar-refractivity contribution >= 4 is 80.1 Å². The first-order chi connectivity index (χ1) is 44.2. The quantitative estimate of drug-likeness (QED) is 0.0252. The Morgan fingerprint density at radius 2 is 0.989 bits per heavy atom. The third-order valence-electron chi connectivity index (χ3n) is 15.0. The number of anilines is 4. The summed E-state index contributed by atoms with van der Waals surface area (Å²) in [7, 11) is 0. The highest BCUT2D eigenvalue weighted by molar-refractivity contribution is 6.09. The molecule has 22 nitrogen and oxygen atoms in total. The maximum Gasteiger partial charge on any atom is 0.490 e. The lowest BCUT2D eigenvalue weighted by molar-refractivity contribution is -0.193. The number of carbonyl (C=O) groups is 6. The Kier molecular flexibility index (Phi) is 28.5. The number of aromatic nitrogens is 2. The van der Waals surface area contributed by atoms with E-state index >= 15 is 0 Å². The molecule has 1 saturated carbocycles. The van der Waals surface area contributed by atoms with Crippen molar-refractivity contribution in [2.24, 2.45) is 23.1 Å². The van der Waals surface area contributed by atoms with Crippen LogP contribution in [-0.2, 0) is 45.1 Å². The highest BCUT2D eigenvalue weighted by atomic mass is 19.4. The summed E-state index contributed by atoms with van der Waals surface area (Å²) in [6, 6.07) is 18.4. The molecule has 3 heterocycles. The minimum atomic E-state index is -5.08. The zero-order valence-electron chi connectivity index (χ0n) is 52.8. The molecule has 13 N–H and O–H groups in total. The standard InChI is InChI=1S/C32H43N5O4.C29H37N5O4.2C2HF3O2/c1-4-22-21(18-36-32(39)25(33)15-20-11-8-7-9-12-20)13-10-14-26(22)37-30-23-16-28(40-5-2)29(41-6-3)17-27(23)35-19-24(30)31(34)38;1-4-19-18(16-33-29(36)23-11-7-8-13-31-23)10-9-12-22(19)34-27-20-14-25(37-5-2)26(38-6-3)15-24(20)32-17-21(27)28(30)35;2*3-2(4,5)1(6)7/h10,13-14,16-17,19-20,25H,4-9,11-12,15,18,33H2,1-3H3,(H2,34,38)(H,35,37)(H,36,39);9-10,12,14-15,17,23,31H,4-8,11,13,16H2,1-3H3,(H2,30,35)(H,32,34)(H,33,36);2*(H,6,7)/t25-;23-;;/m10../s1. The second-order valence-corrected chi connectivity index (χ2v) is 21.4. The molecule has 8 rings (SSSR count). The van der Waals surface area contributed by atoms with E-state index in [-0.39, 0.29) is 29.0 Å². The number of aliphatic carboxylic acids is 2. The van der Waals surface area contributed by atoms with Crippen LogP contribution in [0.5, 0.6) is 23.0 Å². The molecule has 2 aliphatic rings. The third-order valence-corrected chi connectivity index (χ3v) is 15.0. The predicted octanol–water partition coefficient (Wildman–Crippen LogP) is 10.8. The van der Waals surface area contributed by atoms with E-state index in [9.17, 15) is 45.5 Å². The van der Waals surface area contributed by atoms with Crippen molar-refractivity contribution < 1.29 is 84.3 Å². The predicted molar refractivity (Wildman–Crippen MR) is 339 cm³/mol. The largest absolute Gasteiger partial charge is 0.490 e. The van der Waals surface area contributed by atoms with Crippen LogP contribution in [0.3, 0.4) is 0 Å². The molecule has 4 aromatic carbocycles. The number of primary amides is 2. The molecular weight excluding hydrogens is 1230 g/mol. The number of piperidine rings is 1. The third kappa shape index (κ3) is 21.4. The van der Waals surface area contributed by atoms with Crippen LogP contribution in [0.4, 0.5) is 49.1 Å². The fraction of sp³-hybridized carbons (Fsp3) is 0.446. The number of nitrogens with two attached hydrogens (primary N) is 3. The minimum absolute atomic E-state index is 0.0230. The molecule has 1 saturated heterocycles. The summed E-state index contributed by atoms with van der Waals surface area (Å²) in [6.45, 7) is 15.3. The summed E-state index contributed by atoms with van der Waals surface area (Å²) < 4.78 is 86.7. The Balaban J connectivity index is 0.000000280. The van der Waals surface area contributed by atoms with E-state index in [1.807, 2.05) is 88.4 Å². The average molecular weight is 1310 g/mol. The first-order valence-electron chi connectivity index (χ1n) is 30.7. The van der Waals surface area contributed by atoms with Crippen LogP contribution in [0.2, 0.25) is 0 Å². The number of pyridine rings is 2. The zero-order chi connectivity index (χ0) is 68.6. The lowest BCUT2D eigenvalue weighted by Gasteiger charge is -2.24. The number of halogens is 6. The number of carboxylic acids is 2. The van der Waals surface area contributed by atoms with Gasteiger partial charge in [-0.15, -0.1) is 0 Å². The van der Waals surface area contributed by atoms with Crippen molar-refractivity contribution in [2.45, 2.75) is 150 Å². The van der Waals surface area contributed by atoms with Gasteiger partial charge in [-0.2, -0.15) is 26.3 Å². The lowest BCUT2D eigenvalue weighted by atomic mass is 9.85. The SMILES string of the molecule is CCOc1cc2ncc(C(N)=O)c(Nc3cccc(CNC(=O)[C@@H]4CCCCN4)c3CC)c2cc1OCC.CCOc1cc2ncc(C(N)=O)c(Nc3cccc(CNC(=O)[C@H](N)CC4CCCCC4)c3CC)c2cc1OCC.O=C(O)C(F)(F)F.O=C(O)C(F)(F)F. The Bertz CT molecular complexity index is 3520. The number of amides is 4. The molecule has 4 amide bonds. The Morgan fingerprint density at radius 3 is 1.35 bits per heavy atom. The van der Waals surface area contributed by atoms with Gasteiger partial charge in [-0.3, -0.25) is 29.1 Å². The second kappa shape index (κ2) is 35.6. The molecule has 93 heavy (non-hydrogen) atoms. The molecule has 2 fully saturated rings. The number of carboxylic acid groups (broad SMARTS) is 2. The van der Waals surface area contributed by atoms with Gasteiger partial charge in [0.1, 0.15) is 0 Å².